The van der Waals surface area contributed by atoms with E-state index in [1.165, 1.54) is 6.07 Å². The highest BCUT2D eigenvalue weighted by Gasteiger charge is 2.25. The summed E-state index contributed by atoms with van der Waals surface area (Å²) in [5, 5.41) is 17.0. The number of nitrogens with one attached hydrogen (secondary N) is 3. The summed E-state index contributed by atoms with van der Waals surface area (Å²) >= 11 is 0. The van der Waals surface area contributed by atoms with E-state index < -0.39 is 0 Å². The summed E-state index contributed by atoms with van der Waals surface area (Å²) < 4.78 is 13.5. The SMILES string of the molecule is CCNC(=NCC(CC)(CC)CCO)NCCc1c[nH]c2ccc(F)cc12. The Hall–Kier alpha value is -2.08. The van der Waals surface area contributed by atoms with Gasteiger partial charge in [0, 0.05) is 43.3 Å². The summed E-state index contributed by atoms with van der Waals surface area (Å²) in [6.45, 7) is 8.74. The van der Waals surface area contributed by atoms with Crippen molar-refractivity contribution < 1.29 is 9.50 Å². The smallest absolute Gasteiger partial charge is 0.191 e. The highest BCUT2D eigenvalue weighted by Crippen LogP contribution is 2.30. The number of benzene rings is 1. The van der Waals surface area contributed by atoms with Gasteiger partial charge in [0.15, 0.2) is 5.96 Å². The second-order valence-corrected chi connectivity index (χ2v) is 7.06. The van der Waals surface area contributed by atoms with E-state index in [0.29, 0.717) is 13.1 Å². The van der Waals surface area contributed by atoms with E-state index in [4.69, 9.17) is 4.99 Å². The molecule has 0 aliphatic heterocycles. The third kappa shape index (κ3) is 5.70. The average molecular weight is 377 g/mol. The van der Waals surface area contributed by atoms with Crippen molar-refractivity contribution in [2.45, 2.75) is 46.5 Å². The van der Waals surface area contributed by atoms with Crippen LogP contribution >= 0.6 is 0 Å². The van der Waals surface area contributed by atoms with Gasteiger partial charge in [0.05, 0.1) is 0 Å². The summed E-state index contributed by atoms with van der Waals surface area (Å²) in [4.78, 5) is 7.95. The Morgan fingerprint density at radius 2 is 2.00 bits per heavy atom. The van der Waals surface area contributed by atoms with E-state index in [-0.39, 0.29) is 17.8 Å². The zero-order valence-corrected chi connectivity index (χ0v) is 16.7. The van der Waals surface area contributed by atoms with Crippen molar-refractivity contribution in [2.75, 3.05) is 26.2 Å². The summed E-state index contributed by atoms with van der Waals surface area (Å²) in [5.74, 6) is 0.568. The molecule has 0 unspecified atom stereocenters. The first-order valence-corrected chi connectivity index (χ1v) is 9.96. The van der Waals surface area contributed by atoms with Crippen molar-refractivity contribution in [3.8, 4) is 0 Å². The van der Waals surface area contributed by atoms with Gasteiger partial charge in [0.25, 0.3) is 0 Å². The second kappa shape index (κ2) is 10.3. The lowest BCUT2D eigenvalue weighted by molar-refractivity contribution is 0.175. The predicted octanol–water partition coefficient (Wildman–Crippen LogP) is 3.59. The Labute approximate surface area is 161 Å². The van der Waals surface area contributed by atoms with Gasteiger partial charge in [-0.1, -0.05) is 13.8 Å². The number of aliphatic hydroxyl groups excluding tert-OH is 1. The first-order valence-electron chi connectivity index (χ1n) is 9.96. The molecule has 1 aromatic carbocycles. The number of halogens is 1. The number of H-pyrrole nitrogens is 1. The highest BCUT2D eigenvalue weighted by molar-refractivity contribution is 5.83. The molecule has 2 aromatic rings. The number of nitrogens with zero attached hydrogens (tertiary/aromatic N) is 1. The quantitative estimate of drug-likeness (QED) is 0.378. The maximum absolute atomic E-state index is 13.5. The van der Waals surface area contributed by atoms with Crippen molar-refractivity contribution in [3.05, 3.63) is 35.8 Å². The molecular weight excluding hydrogens is 343 g/mol. The number of rotatable bonds is 10. The molecule has 5 nitrogen and oxygen atoms in total. The molecule has 0 radical (unpaired) electrons. The molecule has 0 saturated carbocycles. The molecule has 0 amide bonds. The Balaban J connectivity index is 1.99. The van der Waals surface area contributed by atoms with Gasteiger partial charge >= 0.3 is 0 Å². The largest absolute Gasteiger partial charge is 0.396 e. The van der Waals surface area contributed by atoms with Crippen LogP contribution in [0.2, 0.25) is 0 Å². The summed E-state index contributed by atoms with van der Waals surface area (Å²) in [6, 6.07) is 4.81. The summed E-state index contributed by atoms with van der Waals surface area (Å²) in [5.41, 5.74) is 2.09. The van der Waals surface area contributed by atoms with E-state index in [0.717, 1.165) is 54.7 Å². The summed E-state index contributed by atoms with van der Waals surface area (Å²) in [6.07, 6.45) is 5.47. The van der Waals surface area contributed by atoms with Crippen molar-refractivity contribution in [1.29, 1.82) is 0 Å². The zero-order chi connectivity index (χ0) is 19.7. The Kier molecular flexibility index (Phi) is 8.10. The van der Waals surface area contributed by atoms with Crippen molar-refractivity contribution >= 4 is 16.9 Å². The molecule has 0 saturated heterocycles. The topological polar surface area (TPSA) is 72.4 Å². The van der Waals surface area contributed by atoms with E-state index in [1.807, 2.05) is 13.1 Å². The first-order chi connectivity index (χ1) is 13.1. The highest BCUT2D eigenvalue weighted by atomic mass is 19.1. The van der Waals surface area contributed by atoms with Crippen molar-refractivity contribution in [2.24, 2.45) is 10.4 Å². The van der Waals surface area contributed by atoms with E-state index in [1.54, 1.807) is 12.1 Å². The van der Waals surface area contributed by atoms with Crippen LogP contribution in [0.3, 0.4) is 0 Å². The molecule has 2 rings (SSSR count). The molecule has 0 atom stereocenters. The first kappa shape index (κ1) is 21.2. The predicted molar refractivity (Wildman–Crippen MR) is 111 cm³/mol. The molecule has 150 valence electrons. The minimum absolute atomic E-state index is 0.0471. The maximum Gasteiger partial charge on any atom is 0.191 e. The van der Waals surface area contributed by atoms with Crippen molar-refractivity contribution in [3.63, 3.8) is 0 Å². The van der Waals surface area contributed by atoms with Crippen LogP contribution in [0.25, 0.3) is 10.9 Å². The molecule has 27 heavy (non-hydrogen) atoms. The number of aromatic amines is 1. The number of aliphatic imine (C=N–C) groups is 1. The molecule has 1 heterocycles. The Morgan fingerprint density at radius 1 is 1.22 bits per heavy atom. The maximum atomic E-state index is 13.5. The van der Waals surface area contributed by atoms with Gasteiger partial charge in [0.1, 0.15) is 5.82 Å². The van der Waals surface area contributed by atoms with Crippen LogP contribution in [0.5, 0.6) is 0 Å². The molecule has 6 heteroatoms. The fourth-order valence-corrected chi connectivity index (χ4v) is 3.40. The van der Waals surface area contributed by atoms with Gasteiger partial charge in [-0.05, 0) is 61.8 Å². The molecule has 1 aromatic heterocycles. The van der Waals surface area contributed by atoms with E-state index in [9.17, 15) is 9.50 Å². The van der Waals surface area contributed by atoms with Gasteiger partial charge < -0.3 is 20.7 Å². The lowest BCUT2D eigenvalue weighted by Crippen LogP contribution is -2.39. The fourth-order valence-electron chi connectivity index (χ4n) is 3.40. The third-order valence-corrected chi connectivity index (χ3v) is 5.48. The number of aromatic nitrogens is 1. The second-order valence-electron chi connectivity index (χ2n) is 7.06. The Bertz CT molecular complexity index is 737. The van der Waals surface area contributed by atoms with Gasteiger partial charge in [-0.2, -0.15) is 0 Å². The summed E-state index contributed by atoms with van der Waals surface area (Å²) in [7, 11) is 0. The van der Waals surface area contributed by atoms with Gasteiger partial charge in [-0.15, -0.1) is 0 Å². The van der Waals surface area contributed by atoms with Crippen LogP contribution in [0.1, 0.15) is 45.6 Å². The molecule has 0 fully saturated rings. The zero-order valence-electron chi connectivity index (χ0n) is 16.7. The number of aliphatic hydroxyl groups is 1. The molecular formula is C21H33FN4O. The average Bonchev–Trinajstić information content (AvgIpc) is 3.07. The lowest BCUT2D eigenvalue weighted by atomic mass is 9.79. The number of fused-ring (bicyclic) bond motifs is 1. The number of guanidine groups is 1. The molecule has 0 aliphatic carbocycles. The van der Waals surface area contributed by atoms with Gasteiger partial charge in [0.2, 0.25) is 0 Å². The standard InChI is InChI=1S/C21H33FN4O/c1-4-21(5-2,10-12-27)15-26-20(23-6-3)24-11-9-16-14-25-19-8-7-17(22)13-18(16)19/h7-8,13-14,25,27H,4-6,9-12,15H2,1-3H3,(H2,23,24,26). The van der Waals surface area contributed by atoms with E-state index >= 15 is 0 Å². The van der Waals surface area contributed by atoms with Crippen LogP contribution in [-0.4, -0.2) is 42.3 Å². The lowest BCUT2D eigenvalue weighted by Gasteiger charge is -2.29. The third-order valence-electron chi connectivity index (χ3n) is 5.48. The molecule has 4 N–H and O–H groups in total. The molecule has 0 aliphatic rings. The molecule has 0 spiro atoms. The molecule has 0 bridgehead atoms. The minimum atomic E-state index is -0.217. The van der Waals surface area contributed by atoms with Crippen LogP contribution < -0.4 is 10.6 Å². The van der Waals surface area contributed by atoms with Crippen LogP contribution in [0.15, 0.2) is 29.4 Å². The number of hydrogen-bond acceptors (Lipinski definition) is 2. The fraction of sp³-hybridized carbons (Fsp3) is 0.571. The number of hydrogen-bond donors (Lipinski definition) is 4. The van der Waals surface area contributed by atoms with Crippen LogP contribution in [0.4, 0.5) is 4.39 Å². The van der Waals surface area contributed by atoms with Crippen LogP contribution in [0, 0.1) is 11.2 Å². The van der Waals surface area contributed by atoms with Crippen molar-refractivity contribution in [1.82, 2.24) is 15.6 Å². The van der Waals surface area contributed by atoms with Gasteiger partial charge in [-0.3, -0.25) is 4.99 Å². The normalized spacial score (nSPS) is 12.6. The monoisotopic (exact) mass is 376 g/mol. The van der Waals surface area contributed by atoms with E-state index in [2.05, 4.69) is 29.5 Å². The Morgan fingerprint density at radius 3 is 2.67 bits per heavy atom. The van der Waals surface area contributed by atoms with Crippen LogP contribution in [-0.2, 0) is 6.42 Å². The van der Waals surface area contributed by atoms with Gasteiger partial charge in [-0.25, -0.2) is 4.39 Å². The minimum Gasteiger partial charge on any atom is -0.396 e.